The van der Waals surface area contributed by atoms with Gasteiger partial charge in [-0.05, 0) is 24.6 Å². The quantitative estimate of drug-likeness (QED) is 0.559. The second-order valence-electron chi connectivity index (χ2n) is 3.67. The van der Waals surface area contributed by atoms with Gasteiger partial charge in [-0.1, -0.05) is 0 Å². The second kappa shape index (κ2) is 6.42. The van der Waals surface area contributed by atoms with Crippen molar-refractivity contribution in [1.29, 1.82) is 0 Å². The number of hydrogen-bond acceptors (Lipinski definition) is 5. The van der Waals surface area contributed by atoms with Gasteiger partial charge in [-0.3, -0.25) is 4.79 Å². The van der Waals surface area contributed by atoms with Crippen LogP contribution in [0, 0.1) is 0 Å². The van der Waals surface area contributed by atoms with Crippen LogP contribution in [0.5, 0.6) is 0 Å². The molecule has 1 aliphatic rings. The van der Waals surface area contributed by atoms with Gasteiger partial charge in [0.2, 0.25) is 5.79 Å². The monoisotopic (exact) mass is 242 g/mol. The first kappa shape index (κ1) is 13.7. The molecule has 0 aromatic heterocycles. The third-order valence-electron chi connectivity index (χ3n) is 2.50. The average molecular weight is 242 g/mol. The Bertz CT molecular complexity index is 321. The van der Waals surface area contributed by atoms with E-state index < -0.39 is 5.79 Å². The lowest BCUT2D eigenvalue weighted by molar-refractivity contribution is -0.200. The van der Waals surface area contributed by atoms with Crippen molar-refractivity contribution in [3.63, 3.8) is 0 Å². The Labute approximate surface area is 101 Å². The van der Waals surface area contributed by atoms with Crippen LogP contribution in [0.4, 0.5) is 0 Å². The van der Waals surface area contributed by atoms with Gasteiger partial charge in [0.15, 0.2) is 0 Å². The lowest BCUT2D eigenvalue weighted by Crippen LogP contribution is -2.36. The lowest BCUT2D eigenvalue weighted by Gasteiger charge is -2.30. The van der Waals surface area contributed by atoms with Crippen molar-refractivity contribution in [2.24, 2.45) is 0 Å². The zero-order chi connectivity index (χ0) is 12.7. The summed E-state index contributed by atoms with van der Waals surface area (Å²) in [4.78, 5) is 11.5. The van der Waals surface area contributed by atoms with E-state index in [0.29, 0.717) is 18.6 Å². The molecule has 0 aromatic carbocycles. The van der Waals surface area contributed by atoms with E-state index in [2.05, 4.69) is 0 Å². The average Bonchev–Trinajstić information content (AvgIpc) is 2.37. The molecule has 0 amide bonds. The Morgan fingerprint density at radius 2 is 2.29 bits per heavy atom. The van der Waals surface area contributed by atoms with Crippen LogP contribution in [0.25, 0.3) is 0 Å². The molecular weight excluding hydrogens is 224 g/mol. The smallest absolute Gasteiger partial charge is 0.308 e. The van der Waals surface area contributed by atoms with Crippen LogP contribution in [-0.4, -0.2) is 37.7 Å². The number of esters is 1. The Morgan fingerprint density at radius 3 is 2.76 bits per heavy atom. The minimum Gasteiger partial charge on any atom is -0.497 e. The number of rotatable bonds is 6. The van der Waals surface area contributed by atoms with Gasteiger partial charge in [-0.25, -0.2) is 0 Å². The van der Waals surface area contributed by atoms with Gasteiger partial charge in [0.1, 0.15) is 5.76 Å². The first-order valence-electron chi connectivity index (χ1n) is 5.47. The van der Waals surface area contributed by atoms with Crippen LogP contribution in [0.3, 0.4) is 0 Å². The minimum absolute atomic E-state index is 0.0291. The van der Waals surface area contributed by atoms with Gasteiger partial charge in [0.05, 0.1) is 7.11 Å². The first-order chi connectivity index (χ1) is 8.15. The molecule has 0 saturated heterocycles. The third kappa shape index (κ3) is 3.87. The van der Waals surface area contributed by atoms with E-state index in [0.717, 1.165) is 0 Å². The summed E-state index contributed by atoms with van der Waals surface area (Å²) in [6.45, 7) is -0.0291. The van der Waals surface area contributed by atoms with Gasteiger partial charge in [-0.2, -0.15) is 0 Å². The molecule has 0 saturated carbocycles. The van der Waals surface area contributed by atoms with Crippen LogP contribution < -0.4 is 0 Å². The highest BCUT2D eigenvalue weighted by Crippen LogP contribution is 2.26. The number of allylic oxidation sites excluding steroid dienone is 1. The topological polar surface area (TPSA) is 65.0 Å². The van der Waals surface area contributed by atoms with Crippen molar-refractivity contribution >= 4 is 5.97 Å². The molecule has 1 rings (SSSR count). The number of aliphatic hydroxyl groups excluding tert-OH is 1. The zero-order valence-corrected chi connectivity index (χ0v) is 10.1. The van der Waals surface area contributed by atoms with Crippen molar-refractivity contribution < 1.29 is 24.1 Å². The number of carbonyl (C=O) groups is 1. The highest BCUT2D eigenvalue weighted by molar-refractivity contribution is 5.70. The van der Waals surface area contributed by atoms with Crippen molar-refractivity contribution in [3.05, 3.63) is 24.0 Å². The van der Waals surface area contributed by atoms with Crippen LogP contribution in [0.15, 0.2) is 24.0 Å². The van der Waals surface area contributed by atoms with E-state index in [1.54, 1.807) is 25.3 Å². The molecule has 0 heterocycles. The molecule has 1 aliphatic carbocycles. The maximum Gasteiger partial charge on any atom is 0.308 e. The second-order valence-corrected chi connectivity index (χ2v) is 3.67. The summed E-state index contributed by atoms with van der Waals surface area (Å²) in [7, 11) is 3.05. The number of methoxy groups -OCH3 is 2. The summed E-state index contributed by atoms with van der Waals surface area (Å²) in [6, 6.07) is 0. The first-order valence-corrected chi connectivity index (χ1v) is 5.47. The molecule has 0 radical (unpaired) electrons. The summed E-state index contributed by atoms with van der Waals surface area (Å²) in [5, 5.41) is 8.63. The van der Waals surface area contributed by atoms with Gasteiger partial charge < -0.3 is 19.3 Å². The predicted octanol–water partition coefficient (Wildman–Crippen LogP) is 1.14. The fraction of sp³-hybridized carbons (Fsp3) is 0.583. The normalized spacial score (nSPS) is 23.1. The fourth-order valence-corrected chi connectivity index (χ4v) is 1.48. The molecule has 1 unspecified atom stereocenters. The van der Waals surface area contributed by atoms with Crippen LogP contribution in [-0.2, 0) is 19.0 Å². The molecule has 96 valence electrons. The summed E-state index contributed by atoms with van der Waals surface area (Å²) in [5.41, 5.74) is 0. The maximum absolute atomic E-state index is 11.5. The maximum atomic E-state index is 11.5. The van der Waals surface area contributed by atoms with Crippen LogP contribution in [0.1, 0.15) is 19.3 Å². The van der Waals surface area contributed by atoms with Crippen molar-refractivity contribution in [1.82, 2.24) is 0 Å². The van der Waals surface area contributed by atoms with Gasteiger partial charge in [0.25, 0.3) is 0 Å². The molecule has 1 atom stereocenters. The number of hydrogen-bond donors (Lipinski definition) is 1. The molecule has 1 N–H and O–H groups in total. The molecule has 0 bridgehead atoms. The van der Waals surface area contributed by atoms with Gasteiger partial charge >= 0.3 is 5.97 Å². The largest absolute Gasteiger partial charge is 0.497 e. The molecule has 0 aliphatic heterocycles. The molecule has 5 nitrogen and oxygen atoms in total. The highest BCUT2D eigenvalue weighted by Gasteiger charge is 2.32. The van der Waals surface area contributed by atoms with E-state index in [-0.39, 0.29) is 19.0 Å². The zero-order valence-electron chi connectivity index (χ0n) is 10.1. The van der Waals surface area contributed by atoms with Gasteiger partial charge in [0, 0.05) is 26.6 Å². The van der Waals surface area contributed by atoms with E-state index >= 15 is 0 Å². The SMILES string of the molecule is COC1=CCC(OC)(OC(=O)CCCO)C=C1. The molecular formula is C12H18O5. The van der Waals surface area contributed by atoms with Gasteiger partial charge in [-0.15, -0.1) is 0 Å². The van der Waals surface area contributed by atoms with Crippen molar-refractivity contribution in [2.45, 2.75) is 25.0 Å². The summed E-state index contributed by atoms with van der Waals surface area (Å²) in [6.07, 6.45) is 6.13. The van der Waals surface area contributed by atoms with Crippen LogP contribution >= 0.6 is 0 Å². The molecule has 5 heteroatoms. The standard InChI is InChI=1S/C12H18O5/c1-15-10-5-7-12(16-2,8-6-10)17-11(14)4-3-9-13/h5-7,13H,3-4,8-9H2,1-2H3. The van der Waals surface area contributed by atoms with E-state index in [9.17, 15) is 4.79 Å². The Morgan fingerprint density at radius 1 is 1.53 bits per heavy atom. The number of ether oxygens (including phenoxy) is 3. The summed E-state index contributed by atoms with van der Waals surface area (Å²) in [5.74, 6) is -0.724. The Kier molecular flexibility index (Phi) is 5.18. The molecule has 0 spiro atoms. The van der Waals surface area contributed by atoms with Crippen molar-refractivity contribution in [2.75, 3.05) is 20.8 Å². The number of aliphatic hydroxyl groups is 1. The molecule has 0 fully saturated rings. The Hall–Kier alpha value is -1.33. The van der Waals surface area contributed by atoms with E-state index in [4.69, 9.17) is 19.3 Å². The highest BCUT2D eigenvalue weighted by atomic mass is 16.7. The number of carbonyl (C=O) groups excluding carboxylic acids is 1. The predicted molar refractivity (Wildman–Crippen MR) is 61.0 cm³/mol. The summed E-state index contributed by atoms with van der Waals surface area (Å²) < 4.78 is 15.5. The van der Waals surface area contributed by atoms with E-state index in [1.165, 1.54) is 7.11 Å². The summed E-state index contributed by atoms with van der Waals surface area (Å²) >= 11 is 0. The lowest BCUT2D eigenvalue weighted by atomic mass is 10.1. The third-order valence-corrected chi connectivity index (χ3v) is 2.50. The molecule has 0 aromatic rings. The minimum atomic E-state index is -1.05. The van der Waals surface area contributed by atoms with Crippen LogP contribution in [0.2, 0.25) is 0 Å². The fourth-order valence-electron chi connectivity index (χ4n) is 1.48. The molecule has 17 heavy (non-hydrogen) atoms. The Balaban J connectivity index is 2.57. The van der Waals surface area contributed by atoms with Crippen molar-refractivity contribution in [3.8, 4) is 0 Å². The van der Waals surface area contributed by atoms with E-state index in [1.807, 2.05) is 0 Å².